The summed E-state index contributed by atoms with van der Waals surface area (Å²) in [6, 6.07) is 11.7. The topological polar surface area (TPSA) is 32.3 Å². The van der Waals surface area contributed by atoms with E-state index >= 15 is 0 Å². The number of nitrogens with one attached hydrogen (secondary N) is 1. The number of benzene rings is 2. The van der Waals surface area contributed by atoms with Crippen LogP contribution in [0.15, 0.2) is 64.6 Å². The van der Waals surface area contributed by atoms with Crippen molar-refractivity contribution in [1.29, 1.82) is 0 Å². The Balaban J connectivity index is 2.03. The number of amides is 2. The Hall–Kier alpha value is -1.93. The highest BCUT2D eigenvalue weighted by Crippen LogP contribution is 2.53. The van der Waals surface area contributed by atoms with Crippen molar-refractivity contribution in [3.05, 3.63) is 75.7 Å². The summed E-state index contributed by atoms with van der Waals surface area (Å²) in [6.07, 6.45) is -4.71. The zero-order valence-corrected chi connectivity index (χ0v) is 16.0. The van der Waals surface area contributed by atoms with E-state index in [4.69, 9.17) is 0 Å². The highest BCUT2D eigenvalue weighted by atomic mass is 79.9. The lowest BCUT2D eigenvalue weighted by Gasteiger charge is -2.43. The first-order valence-electron chi connectivity index (χ1n) is 7.54. The molecule has 26 heavy (non-hydrogen) atoms. The van der Waals surface area contributed by atoms with Gasteiger partial charge in [-0.1, -0.05) is 64.1 Å². The molecule has 2 amide bonds. The third kappa shape index (κ3) is 3.23. The summed E-state index contributed by atoms with van der Waals surface area (Å²) in [5.41, 5.74) is 1.21. The first-order valence-corrected chi connectivity index (χ1v) is 9.14. The van der Waals surface area contributed by atoms with Crippen molar-refractivity contribution in [2.45, 2.75) is 18.0 Å². The molecule has 0 spiro atoms. The van der Waals surface area contributed by atoms with E-state index in [2.05, 4.69) is 27.8 Å². The van der Waals surface area contributed by atoms with Crippen LogP contribution in [-0.2, 0) is 4.87 Å². The second kappa shape index (κ2) is 6.66. The second-order valence-corrected chi connectivity index (χ2v) is 7.99. The van der Waals surface area contributed by atoms with E-state index in [0.29, 0.717) is 17.4 Å². The summed E-state index contributed by atoms with van der Waals surface area (Å²) in [4.78, 5) is 11.2. The molecule has 1 N–H and O–H groups in total. The minimum atomic E-state index is -4.71. The lowest BCUT2D eigenvalue weighted by molar-refractivity contribution is -0.167. The summed E-state index contributed by atoms with van der Waals surface area (Å²) in [7, 11) is 0. The summed E-state index contributed by atoms with van der Waals surface area (Å²) in [5, 5.41) is 2.15. The van der Waals surface area contributed by atoms with Crippen LogP contribution in [0.3, 0.4) is 0 Å². The van der Waals surface area contributed by atoms with Gasteiger partial charge >= 0.3 is 12.2 Å². The molecule has 2 aromatic rings. The fourth-order valence-electron chi connectivity index (χ4n) is 2.63. The number of halogens is 4. The van der Waals surface area contributed by atoms with E-state index in [-0.39, 0.29) is 10.6 Å². The van der Waals surface area contributed by atoms with Gasteiger partial charge < -0.3 is 5.32 Å². The fourth-order valence-corrected chi connectivity index (χ4v) is 4.04. The molecule has 0 radical (unpaired) electrons. The molecule has 1 aliphatic heterocycles. The minimum absolute atomic E-state index is 0.00558. The van der Waals surface area contributed by atoms with Crippen LogP contribution in [0.2, 0.25) is 0 Å². The Morgan fingerprint density at radius 2 is 1.69 bits per heavy atom. The number of carbonyl (C=O) groups is 1. The Bertz CT molecular complexity index is 832. The van der Waals surface area contributed by atoms with Crippen molar-refractivity contribution >= 4 is 39.4 Å². The molecule has 8 heteroatoms. The van der Waals surface area contributed by atoms with E-state index in [9.17, 15) is 18.0 Å². The number of hydrogen-bond donors (Lipinski definition) is 1. The average Bonchev–Trinajstić information content (AvgIpc) is 2.55. The number of urea groups is 1. The van der Waals surface area contributed by atoms with Crippen LogP contribution in [0, 0.1) is 6.92 Å². The van der Waals surface area contributed by atoms with Crippen molar-refractivity contribution in [1.82, 2.24) is 5.32 Å². The van der Waals surface area contributed by atoms with E-state index in [1.165, 1.54) is 12.1 Å². The van der Waals surface area contributed by atoms with Crippen molar-refractivity contribution < 1.29 is 18.0 Å². The third-order valence-corrected chi connectivity index (χ3v) is 5.77. The maximum absolute atomic E-state index is 14.0. The number of thioether (sulfide) groups is 1. The molecule has 0 bridgehead atoms. The van der Waals surface area contributed by atoms with Crippen LogP contribution in [0.4, 0.5) is 23.7 Å². The van der Waals surface area contributed by atoms with Gasteiger partial charge in [-0.3, -0.25) is 4.90 Å². The average molecular weight is 443 g/mol. The molecule has 0 saturated carbocycles. The van der Waals surface area contributed by atoms with Gasteiger partial charge in [0.05, 0.1) is 10.7 Å². The number of anilines is 1. The van der Waals surface area contributed by atoms with Gasteiger partial charge in [0.2, 0.25) is 4.87 Å². The number of carbonyl (C=O) groups excluding carboxylic acids is 1. The van der Waals surface area contributed by atoms with Crippen molar-refractivity contribution in [2.75, 3.05) is 4.90 Å². The van der Waals surface area contributed by atoms with Gasteiger partial charge in [0.15, 0.2) is 0 Å². The van der Waals surface area contributed by atoms with Crippen LogP contribution in [0.25, 0.3) is 0 Å². The first-order chi connectivity index (χ1) is 12.1. The van der Waals surface area contributed by atoms with Gasteiger partial charge in [-0.2, -0.15) is 13.2 Å². The Morgan fingerprint density at radius 3 is 2.19 bits per heavy atom. The molecule has 1 saturated heterocycles. The van der Waals surface area contributed by atoms with Crippen molar-refractivity contribution in [3.63, 3.8) is 0 Å². The predicted octanol–water partition coefficient (Wildman–Crippen LogP) is 5.91. The molecule has 0 aliphatic carbocycles. The first kappa shape index (κ1) is 18.8. The summed E-state index contributed by atoms with van der Waals surface area (Å²) in [6.45, 7) is 5.50. The molecule has 1 fully saturated rings. The fraction of sp³-hybridized carbons (Fsp3) is 0.167. The molecular weight excluding hydrogens is 429 g/mol. The van der Waals surface area contributed by atoms with Gasteiger partial charge in [0.25, 0.3) is 0 Å². The van der Waals surface area contributed by atoms with Crippen LogP contribution in [-0.4, -0.2) is 12.2 Å². The molecule has 3 rings (SSSR count). The molecule has 1 heterocycles. The van der Waals surface area contributed by atoms with E-state index in [1.54, 1.807) is 43.3 Å². The molecule has 2 aromatic carbocycles. The largest absolute Gasteiger partial charge is 0.425 e. The highest BCUT2D eigenvalue weighted by Gasteiger charge is 2.61. The SMILES string of the molecule is C=C1S[C@@](c2ccc(C)cc2)(C(F)(F)F)NC(=O)N1c1ccc(Br)cc1. The molecule has 3 nitrogen and oxygen atoms in total. The van der Waals surface area contributed by atoms with Crippen molar-refractivity contribution in [2.24, 2.45) is 0 Å². The summed E-state index contributed by atoms with van der Waals surface area (Å²) >= 11 is 3.76. The van der Waals surface area contributed by atoms with Gasteiger partial charge in [0.1, 0.15) is 0 Å². The highest BCUT2D eigenvalue weighted by molar-refractivity contribution is 9.10. The standard InChI is InChI=1S/C18H14BrF3N2OS/c1-11-3-5-13(6-4-11)17(18(20,21)22)23-16(25)24(12(2)26-17)15-9-7-14(19)8-10-15/h3-10H,2H2,1H3,(H,23,25)/t17-/m0/s1. The number of nitrogens with zero attached hydrogens (tertiary/aromatic N) is 1. The predicted molar refractivity (Wildman–Crippen MR) is 101 cm³/mol. The lowest BCUT2D eigenvalue weighted by atomic mass is 10.0. The number of aryl methyl sites for hydroxylation is 1. The van der Waals surface area contributed by atoms with Crippen LogP contribution in [0.5, 0.6) is 0 Å². The number of alkyl halides is 3. The van der Waals surface area contributed by atoms with Crippen molar-refractivity contribution in [3.8, 4) is 0 Å². The zero-order valence-electron chi connectivity index (χ0n) is 13.6. The Labute approximate surface area is 161 Å². The van der Waals surface area contributed by atoms with Gasteiger partial charge in [-0.25, -0.2) is 4.79 Å². The lowest BCUT2D eigenvalue weighted by Crippen LogP contribution is -2.60. The summed E-state index contributed by atoms with van der Waals surface area (Å²) in [5.74, 6) is 0. The maximum Gasteiger partial charge on any atom is 0.425 e. The zero-order chi connectivity index (χ0) is 19.1. The molecule has 136 valence electrons. The smallest absolute Gasteiger partial charge is 0.311 e. The number of hydrogen-bond acceptors (Lipinski definition) is 2. The number of rotatable bonds is 2. The Morgan fingerprint density at radius 1 is 1.12 bits per heavy atom. The molecule has 1 atom stereocenters. The normalized spacial score (nSPS) is 20.9. The van der Waals surface area contributed by atoms with Gasteiger partial charge in [0, 0.05) is 4.47 Å². The van der Waals surface area contributed by atoms with Gasteiger partial charge in [-0.05, 0) is 36.8 Å². The minimum Gasteiger partial charge on any atom is -0.311 e. The van der Waals surface area contributed by atoms with Crippen LogP contribution in [0.1, 0.15) is 11.1 Å². The Kier molecular flexibility index (Phi) is 4.83. The molecular formula is C18H14BrF3N2OS. The summed E-state index contributed by atoms with van der Waals surface area (Å²) < 4.78 is 42.8. The molecule has 0 aromatic heterocycles. The van der Waals surface area contributed by atoms with E-state index in [0.717, 1.165) is 14.9 Å². The molecule has 0 unspecified atom stereocenters. The van der Waals surface area contributed by atoms with Gasteiger partial charge in [-0.15, -0.1) is 0 Å². The van der Waals surface area contributed by atoms with E-state index < -0.39 is 17.1 Å². The molecule has 1 aliphatic rings. The third-order valence-electron chi connectivity index (χ3n) is 3.95. The quantitative estimate of drug-likeness (QED) is 0.626. The monoisotopic (exact) mass is 442 g/mol. The second-order valence-electron chi connectivity index (χ2n) is 5.78. The van der Waals surface area contributed by atoms with Crippen LogP contribution >= 0.6 is 27.7 Å². The van der Waals surface area contributed by atoms with Crippen LogP contribution < -0.4 is 10.2 Å². The van der Waals surface area contributed by atoms with E-state index in [1.807, 2.05) is 0 Å². The maximum atomic E-state index is 14.0.